The Morgan fingerprint density at radius 2 is 1.58 bits per heavy atom. The molecule has 4 rings (SSSR count). The fourth-order valence-electron chi connectivity index (χ4n) is 4.75. The smallest absolute Gasteiger partial charge is 0.0608 e. The van der Waals surface area contributed by atoms with Gasteiger partial charge in [-0.25, -0.2) is 0 Å². The minimum Gasteiger partial charge on any atom is -0.313 e. The summed E-state index contributed by atoms with van der Waals surface area (Å²) in [5.74, 6) is 1.02. The van der Waals surface area contributed by atoms with Gasteiger partial charge < -0.3 is 5.21 Å². The van der Waals surface area contributed by atoms with E-state index in [2.05, 4.69) is 36.4 Å². The van der Waals surface area contributed by atoms with Crippen LogP contribution in [0.2, 0.25) is 5.02 Å². The molecule has 2 aromatic carbocycles. The van der Waals surface area contributed by atoms with Gasteiger partial charge in [-0.2, -0.15) is 5.06 Å². The first-order valence-corrected chi connectivity index (χ1v) is 9.39. The van der Waals surface area contributed by atoms with E-state index in [0.29, 0.717) is 11.8 Å². The number of hydroxylamine groups is 2. The van der Waals surface area contributed by atoms with Crippen molar-refractivity contribution in [3.05, 3.63) is 70.7 Å². The van der Waals surface area contributed by atoms with Gasteiger partial charge in [0.25, 0.3) is 0 Å². The van der Waals surface area contributed by atoms with Gasteiger partial charge in [-0.1, -0.05) is 66.9 Å². The molecule has 2 unspecified atom stereocenters. The van der Waals surface area contributed by atoms with Crippen molar-refractivity contribution in [3.63, 3.8) is 0 Å². The van der Waals surface area contributed by atoms with Crippen LogP contribution >= 0.6 is 11.6 Å². The second-order valence-corrected chi connectivity index (χ2v) is 7.65. The van der Waals surface area contributed by atoms with E-state index in [1.165, 1.54) is 30.4 Å². The Labute approximate surface area is 149 Å². The van der Waals surface area contributed by atoms with E-state index in [-0.39, 0.29) is 12.1 Å². The third-order valence-electron chi connectivity index (χ3n) is 5.92. The van der Waals surface area contributed by atoms with E-state index in [0.717, 1.165) is 17.9 Å². The predicted molar refractivity (Wildman–Crippen MR) is 97.4 cm³/mol. The normalized spacial score (nSPS) is 30.8. The first-order valence-electron chi connectivity index (χ1n) is 9.01. The summed E-state index contributed by atoms with van der Waals surface area (Å²) in [5, 5.41) is 13.4. The van der Waals surface area contributed by atoms with Crippen LogP contribution < -0.4 is 0 Å². The maximum Gasteiger partial charge on any atom is 0.0608 e. The standard InChI is InChI=1S/C21H24ClNO/c22-17-12-10-15(11-13-17)19-14-21(16-6-2-1-3-7-16)23(24)20-9-5-4-8-18(19)20/h1-3,6-7,10-13,18-21,24H,4-5,8-9,14H2/t18-,19?,20+,21?/m1/s1. The van der Waals surface area contributed by atoms with Gasteiger partial charge in [0, 0.05) is 11.1 Å². The minimum absolute atomic E-state index is 0.0752. The minimum atomic E-state index is 0.0752. The van der Waals surface area contributed by atoms with E-state index >= 15 is 0 Å². The molecule has 2 nitrogen and oxygen atoms in total. The maximum absolute atomic E-state index is 10.9. The van der Waals surface area contributed by atoms with Crippen molar-refractivity contribution in [1.29, 1.82) is 0 Å². The fourth-order valence-corrected chi connectivity index (χ4v) is 4.88. The highest BCUT2D eigenvalue weighted by molar-refractivity contribution is 6.30. The molecule has 2 fully saturated rings. The van der Waals surface area contributed by atoms with Gasteiger partial charge >= 0.3 is 0 Å². The molecule has 1 N–H and O–H groups in total. The van der Waals surface area contributed by atoms with Gasteiger partial charge in [-0.3, -0.25) is 0 Å². The molecule has 2 aromatic rings. The molecule has 0 bridgehead atoms. The maximum atomic E-state index is 10.9. The monoisotopic (exact) mass is 341 g/mol. The number of hydrogen-bond donors (Lipinski definition) is 1. The van der Waals surface area contributed by atoms with Crippen molar-refractivity contribution < 1.29 is 5.21 Å². The number of rotatable bonds is 2. The summed E-state index contributed by atoms with van der Waals surface area (Å²) in [6.45, 7) is 0. The van der Waals surface area contributed by atoms with E-state index in [1.807, 2.05) is 18.2 Å². The van der Waals surface area contributed by atoms with Crippen LogP contribution in [-0.4, -0.2) is 16.3 Å². The van der Waals surface area contributed by atoms with Crippen LogP contribution in [0.15, 0.2) is 54.6 Å². The average molecular weight is 342 g/mol. The highest BCUT2D eigenvalue weighted by Crippen LogP contribution is 2.49. The molecule has 0 radical (unpaired) electrons. The highest BCUT2D eigenvalue weighted by atomic mass is 35.5. The van der Waals surface area contributed by atoms with Gasteiger partial charge in [0.2, 0.25) is 0 Å². The van der Waals surface area contributed by atoms with Gasteiger partial charge in [0.1, 0.15) is 0 Å². The molecule has 3 heteroatoms. The lowest BCUT2D eigenvalue weighted by Gasteiger charge is -2.49. The third-order valence-corrected chi connectivity index (χ3v) is 6.17. The van der Waals surface area contributed by atoms with Crippen LogP contribution in [0.25, 0.3) is 0 Å². The molecular weight excluding hydrogens is 318 g/mol. The van der Waals surface area contributed by atoms with E-state index in [1.54, 1.807) is 5.06 Å². The van der Waals surface area contributed by atoms with E-state index < -0.39 is 0 Å². The average Bonchev–Trinajstić information content (AvgIpc) is 2.64. The zero-order chi connectivity index (χ0) is 16.5. The molecule has 1 aliphatic heterocycles. The molecule has 0 amide bonds. The summed E-state index contributed by atoms with van der Waals surface area (Å²) in [7, 11) is 0. The molecule has 1 saturated carbocycles. The fraction of sp³-hybridized carbons (Fsp3) is 0.429. The van der Waals surface area contributed by atoms with Crippen LogP contribution in [0.1, 0.15) is 55.2 Å². The molecule has 1 heterocycles. The van der Waals surface area contributed by atoms with Crippen molar-refractivity contribution in [1.82, 2.24) is 5.06 Å². The van der Waals surface area contributed by atoms with Gasteiger partial charge in [-0.15, -0.1) is 0 Å². The molecule has 4 atom stereocenters. The second-order valence-electron chi connectivity index (χ2n) is 7.22. The van der Waals surface area contributed by atoms with Crippen LogP contribution in [0.3, 0.4) is 0 Å². The largest absolute Gasteiger partial charge is 0.313 e. The third kappa shape index (κ3) is 2.99. The summed E-state index contributed by atoms with van der Waals surface area (Å²) in [4.78, 5) is 0. The lowest BCUT2D eigenvalue weighted by atomic mass is 9.67. The molecule has 1 aliphatic carbocycles. The lowest BCUT2D eigenvalue weighted by molar-refractivity contribution is -0.207. The van der Waals surface area contributed by atoms with Gasteiger partial charge in [0.15, 0.2) is 0 Å². The number of nitrogens with zero attached hydrogens (tertiary/aromatic N) is 1. The number of benzene rings is 2. The molecule has 1 saturated heterocycles. The van der Waals surface area contributed by atoms with Crippen molar-refractivity contribution in [3.8, 4) is 0 Å². The molecule has 126 valence electrons. The molecule has 0 spiro atoms. The Balaban J connectivity index is 1.70. The summed E-state index contributed by atoms with van der Waals surface area (Å²) in [6.07, 6.45) is 5.75. The summed E-state index contributed by atoms with van der Waals surface area (Å²) >= 11 is 6.09. The zero-order valence-corrected chi connectivity index (χ0v) is 14.6. The molecule has 0 aromatic heterocycles. The quantitative estimate of drug-likeness (QED) is 0.744. The first-order chi connectivity index (χ1) is 11.7. The molecule has 2 aliphatic rings. The highest BCUT2D eigenvalue weighted by Gasteiger charge is 2.44. The van der Waals surface area contributed by atoms with Crippen molar-refractivity contribution in [2.75, 3.05) is 0 Å². The SMILES string of the molecule is ON1C(c2ccccc2)CC(c2ccc(Cl)cc2)[C@H]2CCCC[C@@H]21. The van der Waals surface area contributed by atoms with Crippen molar-refractivity contribution in [2.45, 2.75) is 50.1 Å². The van der Waals surface area contributed by atoms with Crippen LogP contribution in [0.4, 0.5) is 0 Å². The Bertz CT molecular complexity index is 672. The number of halogens is 1. The first kappa shape index (κ1) is 16.1. The van der Waals surface area contributed by atoms with Crippen LogP contribution in [0, 0.1) is 5.92 Å². The summed E-state index contributed by atoms with van der Waals surface area (Å²) in [5.41, 5.74) is 2.58. The van der Waals surface area contributed by atoms with E-state index in [4.69, 9.17) is 11.6 Å². The van der Waals surface area contributed by atoms with Crippen LogP contribution in [-0.2, 0) is 0 Å². The molecule has 24 heavy (non-hydrogen) atoms. The number of fused-ring (bicyclic) bond motifs is 1. The van der Waals surface area contributed by atoms with Crippen LogP contribution in [0.5, 0.6) is 0 Å². The second kappa shape index (κ2) is 6.87. The van der Waals surface area contributed by atoms with E-state index in [9.17, 15) is 5.21 Å². The Hall–Kier alpha value is -1.35. The zero-order valence-electron chi connectivity index (χ0n) is 13.8. The number of piperidine rings is 1. The van der Waals surface area contributed by atoms with Crippen molar-refractivity contribution in [2.24, 2.45) is 5.92 Å². The lowest BCUT2D eigenvalue weighted by Crippen LogP contribution is -2.49. The Kier molecular flexibility index (Phi) is 4.62. The van der Waals surface area contributed by atoms with Gasteiger partial charge in [-0.05, 0) is 54.4 Å². The molecular formula is C21H24ClNO. The predicted octanol–water partition coefficient (Wildman–Crippen LogP) is 5.82. The topological polar surface area (TPSA) is 23.5 Å². The number of hydrogen-bond acceptors (Lipinski definition) is 2. The Morgan fingerprint density at radius 3 is 2.33 bits per heavy atom. The Morgan fingerprint density at radius 1 is 0.875 bits per heavy atom. The summed E-state index contributed by atoms with van der Waals surface area (Å²) in [6, 6.07) is 19.1. The van der Waals surface area contributed by atoms with Crippen molar-refractivity contribution >= 4 is 11.6 Å². The summed E-state index contributed by atoms with van der Waals surface area (Å²) < 4.78 is 0. The van der Waals surface area contributed by atoms with Gasteiger partial charge in [0.05, 0.1) is 6.04 Å².